The van der Waals surface area contributed by atoms with Gasteiger partial charge in [-0.1, -0.05) is 0 Å². The Labute approximate surface area is 77.3 Å². The third kappa shape index (κ3) is 2.69. The van der Waals surface area contributed by atoms with Crippen LogP contribution in [0, 0.1) is 0 Å². The Hall–Kier alpha value is -1.10. The number of hydrogen-bond acceptors (Lipinski definition) is 3. The monoisotopic (exact) mass is 185 g/mol. The van der Waals surface area contributed by atoms with E-state index in [1.54, 1.807) is 0 Å². The Morgan fingerprint density at radius 1 is 1.77 bits per heavy atom. The average Bonchev–Trinajstić information content (AvgIpc) is 2.07. The van der Waals surface area contributed by atoms with Gasteiger partial charge in [0.1, 0.15) is 0 Å². The molecule has 0 aromatic rings. The van der Waals surface area contributed by atoms with Crippen molar-refractivity contribution in [3.8, 4) is 0 Å². The van der Waals surface area contributed by atoms with Gasteiger partial charge in [-0.15, -0.1) is 0 Å². The van der Waals surface area contributed by atoms with E-state index in [0.717, 1.165) is 6.54 Å². The third-order valence-corrected chi connectivity index (χ3v) is 2.27. The molecule has 1 unspecified atom stereocenters. The highest BCUT2D eigenvalue weighted by Crippen LogP contribution is 2.03. The maximum absolute atomic E-state index is 11.2. The first kappa shape index (κ1) is 9.98. The van der Waals surface area contributed by atoms with Crippen LogP contribution >= 0.6 is 0 Å². The van der Waals surface area contributed by atoms with E-state index < -0.39 is 0 Å². The minimum absolute atomic E-state index is 0.0238. The minimum atomic E-state index is -0.321. The molecule has 0 aliphatic carbocycles. The van der Waals surface area contributed by atoms with E-state index in [1.165, 1.54) is 0 Å². The SMILES string of the molecule is CC1C(=O)NCCN1CCC(N)=O. The first-order valence-electron chi connectivity index (χ1n) is 4.41. The molecule has 1 fully saturated rings. The summed E-state index contributed by atoms with van der Waals surface area (Å²) in [5.74, 6) is -0.297. The van der Waals surface area contributed by atoms with Crippen LogP contribution in [0.3, 0.4) is 0 Å². The van der Waals surface area contributed by atoms with Crippen molar-refractivity contribution in [2.75, 3.05) is 19.6 Å². The Bertz CT molecular complexity index is 217. The molecule has 13 heavy (non-hydrogen) atoms. The molecule has 1 aliphatic rings. The normalized spacial score (nSPS) is 24.1. The van der Waals surface area contributed by atoms with Gasteiger partial charge in [-0.25, -0.2) is 0 Å². The number of piperazine rings is 1. The number of nitrogens with two attached hydrogens (primary N) is 1. The van der Waals surface area contributed by atoms with Gasteiger partial charge in [0.2, 0.25) is 11.8 Å². The fourth-order valence-corrected chi connectivity index (χ4v) is 1.39. The molecule has 74 valence electrons. The molecule has 0 aromatic heterocycles. The van der Waals surface area contributed by atoms with Gasteiger partial charge >= 0.3 is 0 Å². The molecule has 0 radical (unpaired) electrons. The number of hydrogen-bond donors (Lipinski definition) is 2. The largest absolute Gasteiger partial charge is 0.370 e. The number of carbonyl (C=O) groups excluding carboxylic acids is 2. The summed E-state index contributed by atoms with van der Waals surface area (Å²) in [6, 6.07) is -0.145. The van der Waals surface area contributed by atoms with E-state index in [0.29, 0.717) is 19.5 Å². The number of nitrogens with one attached hydrogen (secondary N) is 1. The minimum Gasteiger partial charge on any atom is -0.370 e. The summed E-state index contributed by atoms with van der Waals surface area (Å²) in [6.07, 6.45) is 0.317. The fourth-order valence-electron chi connectivity index (χ4n) is 1.39. The Balaban J connectivity index is 2.39. The number of carbonyl (C=O) groups is 2. The van der Waals surface area contributed by atoms with E-state index in [-0.39, 0.29) is 17.9 Å². The number of primary amides is 1. The standard InChI is InChI=1S/C8H15N3O2/c1-6-8(13)10-3-5-11(6)4-2-7(9)12/h6H,2-5H2,1H3,(H2,9,12)(H,10,13). The second-order valence-electron chi connectivity index (χ2n) is 3.22. The second kappa shape index (κ2) is 4.23. The van der Waals surface area contributed by atoms with E-state index in [2.05, 4.69) is 5.32 Å². The highest BCUT2D eigenvalue weighted by atomic mass is 16.2. The number of rotatable bonds is 3. The topological polar surface area (TPSA) is 75.4 Å². The summed E-state index contributed by atoms with van der Waals surface area (Å²) in [5.41, 5.74) is 5.02. The van der Waals surface area contributed by atoms with Gasteiger partial charge < -0.3 is 11.1 Å². The van der Waals surface area contributed by atoms with Crippen molar-refractivity contribution < 1.29 is 9.59 Å². The quantitative estimate of drug-likeness (QED) is 0.572. The molecule has 1 saturated heterocycles. The lowest BCUT2D eigenvalue weighted by molar-refractivity contribution is -0.129. The first-order chi connectivity index (χ1) is 6.11. The Morgan fingerprint density at radius 2 is 2.46 bits per heavy atom. The van der Waals surface area contributed by atoms with Crippen molar-refractivity contribution in [1.82, 2.24) is 10.2 Å². The lowest BCUT2D eigenvalue weighted by Crippen LogP contribution is -2.54. The number of amides is 2. The smallest absolute Gasteiger partial charge is 0.237 e. The van der Waals surface area contributed by atoms with Crippen LogP contribution in [0.4, 0.5) is 0 Å². The maximum atomic E-state index is 11.2. The molecule has 5 nitrogen and oxygen atoms in total. The van der Waals surface area contributed by atoms with Gasteiger partial charge in [-0.2, -0.15) is 0 Å². The van der Waals surface area contributed by atoms with E-state index in [1.807, 2.05) is 11.8 Å². The van der Waals surface area contributed by atoms with Gasteiger partial charge in [0.25, 0.3) is 0 Å². The van der Waals surface area contributed by atoms with Crippen LogP contribution in [0.5, 0.6) is 0 Å². The molecule has 1 heterocycles. The molecule has 1 aliphatic heterocycles. The van der Waals surface area contributed by atoms with E-state index in [9.17, 15) is 9.59 Å². The van der Waals surface area contributed by atoms with Crippen molar-refractivity contribution >= 4 is 11.8 Å². The predicted molar refractivity (Wildman–Crippen MR) is 47.9 cm³/mol. The Kier molecular flexibility index (Phi) is 3.25. The highest BCUT2D eigenvalue weighted by molar-refractivity contribution is 5.82. The van der Waals surface area contributed by atoms with Gasteiger partial charge in [-0.3, -0.25) is 14.5 Å². The van der Waals surface area contributed by atoms with Gasteiger partial charge in [0.05, 0.1) is 6.04 Å². The summed E-state index contributed by atoms with van der Waals surface area (Å²) < 4.78 is 0. The maximum Gasteiger partial charge on any atom is 0.237 e. The van der Waals surface area contributed by atoms with Crippen molar-refractivity contribution in [2.24, 2.45) is 5.73 Å². The summed E-state index contributed by atoms with van der Waals surface area (Å²) in [6.45, 7) is 3.85. The highest BCUT2D eigenvalue weighted by Gasteiger charge is 2.24. The Morgan fingerprint density at radius 3 is 3.08 bits per heavy atom. The summed E-state index contributed by atoms with van der Waals surface area (Å²) >= 11 is 0. The molecule has 1 atom stereocenters. The van der Waals surface area contributed by atoms with Crippen LogP contribution < -0.4 is 11.1 Å². The third-order valence-electron chi connectivity index (χ3n) is 2.27. The van der Waals surface area contributed by atoms with Crippen molar-refractivity contribution in [3.63, 3.8) is 0 Å². The zero-order chi connectivity index (χ0) is 9.84. The summed E-state index contributed by atoms with van der Waals surface area (Å²) in [5, 5.41) is 2.75. The van der Waals surface area contributed by atoms with E-state index in [4.69, 9.17) is 5.73 Å². The van der Waals surface area contributed by atoms with Crippen LogP contribution in [-0.2, 0) is 9.59 Å². The van der Waals surface area contributed by atoms with Crippen molar-refractivity contribution in [3.05, 3.63) is 0 Å². The zero-order valence-electron chi connectivity index (χ0n) is 7.75. The van der Waals surface area contributed by atoms with Crippen molar-refractivity contribution in [2.45, 2.75) is 19.4 Å². The summed E-state index contributed by atoms with van der Waals surface area (Å²) in [4.78, 5) is 23.7. The van der Waals surface area contributed by atoms with Crippen LogP contribution in [0.2, 0.25) is 0 Å². The van der Waals surface area contributed by atoms with Crippen LogP contribution in [0.1, 0.15) is 13.3 Å². The van der Waals surface area contributed by atoms with Crippen LogP contribution in [0.25, 0.3) is 0 Å². The predicted octanol–water partition coefficient (Wildman–Crippen LogP) is -1.32. The molecule has 2 amide bonds. The zero-order valence-corrected chi connectivity index (χ0v) is 7.75. The lowest BCUT2D eigenvalue weighted by atomic mass is 10.2. The van der Waals surface area contributed by atoms with Gasteiger partial charge in [-0.05, 0) is 6.92 Å². The van der Waals surface area contributed by atoms with Crippen LogP contribution in [-0.4, -0.2) is 42.4 Å². The van der Waals surface area contributed by atoms with Gasteiger partial charge in [0.15, 0.2) is 0 Å². The molecule has 5 heteroatoms. The summed E-state index contributed by atoms with van der Waals surface area (Å²) in [7, 11) is 0. The number of nitrogens with zero attached hydrogens (tertiary/aromatic N) is 1. The molecule has 0 saturated carbocycles. The average molecular weight is 185 g/mol. The molecule has 3 N–H and O–H groups in total. The molecular formula is C8H15N3O2. The molecule has 0 bridgehead atoms. The van der Waals surface area contributed by atoms with Crippen LogP contribution in [0.15, 0.2) is 0 Å². The molecule has 1 rings (SSSR count). The molecular weight excluding hydrogens is 170 g/mol. The van der Waals surface area contributed by atoms with Crippen molar-refractivity contribution in [1.29, 1.82) is 0 Å². The van der Waals surface area contributed by atoms with E-state index >= 15 is 0 Å². The lowest BCUT2D eigenvalue weighted by Gasteiger charge is -2.32. The fraction of sp³-hybridized carbons (Fsp3) is 0.750. The van der Waals surface area contributed by atoms with Gasteiger partial charge in [0, 0.05) is 26.1 Å². The first-order valence-corrected chi connectivity index (χ1v) is 4.41. The second-order valence-corrected chi connectivity index (χ2v) is 3.22. The molecule has 0 aromatic carbocycles. The molecule has 0 spiro atoms.